The Balaban J connectivity index is 1.78. The molecule has 0 atom stereocenters. The number of H-pyrrole nitrogens is 1. The van der Waals surface area contributed by atoms with Crippen molar-refractivity contribution in [3.63, 3.8) is 0 Å². The Labute approximate surface area is 199 Å². The molecule has 13 heteroatoms. The van der Waals surface area contributed by atoms with E-state index in [1.54, 1.807) is 6.07 Å². The van der Waals surface area contributed by atoms with Crippen molar-refractivity contribution in [2.45, 2.75) is 6.92 Å². The Kier molecular flexibility index (Phi) is 6.59. The first-order chi connectivity index (χ1) is 16.8. The molecule has 2 heterocycles. The predicted molar refractivity (Wildman–Crippen MR) is 127 cm³/mol. The van der Waals surface area contributed by atoms with Gasteiger partial charge in [-0.15, -0.1) is 0 Å². The fourth-order valence-corrected chi connectivity index (χ4v) is 3.76. The summed E-state index contributed by atoms with van der Waals surface area (Å²) in [6, 6.07) is 9.82. The van der Waals surface area contributed by atoms with E-state index in [0.717, 1.165) is 6.07 Å². The highest BCUT2D eigenvalue weighted by Gasteiger charge is 2.22. The van der Waals surface area contributed by atoms with E-state index in [4.69, 9.17) is 10.5 Å². The average molecular weight is 498 g/mol. The molecule has 2 aromatic carbocycles. The number of carbonyl (C=O) groups excluding carboxylic acids is 1. The summed E-state index contributed by atoms with van der Waals surface area (Å²) in [6.45, 7) is 1.48. The van der Waals surface area contributed by atoms with Crippen LogP contribution in [0.15, 0.2) is 61.1 Å². The molecule has 0 aliphatic carbocycles. The van der Waals surface area contributed by atoms with Crippen molar-refractivity contribution in [1.82, 2.24) is 20.2 Å². The number of benzene rings is 2. The van der Waals surface area contributed by atoms with Gasteiger partial charge in [-0.1, -0.05) is 12.1 Å². The number of nitrogens with zero attached hydrogens (tertiary/aromatic N) is 3. The molecule has 0 radical (unpaired) electrons. The van der Waals surface area contributed by atoms with E-state index in [1.165, 1.54) is 55.8 Å². The second-order valence-corrected chi connectivity index (χ2v) is 9.19. The number of halogens is 1. The minimum Gasteiger partial charge on any atom is -0.455 e. The highest BCUT2D eigenvalue weighted by atomic mass is 32.2. The van der Waals surface area contributed by atoms with Crippen molar-refractivity contribution in [3.05, 3.63) is 72.4 Å². The Hall–Kier alpha value is -4.52. The van der Waals surface area contributed by atoms with Crippen LogP contribution < -0.4 is 20.5 Å². The highest BCUT2D eigenvalue weighted by Crippen LogP contribution is 2.36. The molecule has 4 aromatic rings. The van der Waals surface area contributed by atoms with Crippen LogP contribution in [0, 0.1) is 5.82 Å². The van der Waals surface area contributed by atoms with E-state index >= 15 is 0 Å². The van der Waals surface area contributed by atoms with Crippen molar-refractivity contribution in [2.24, 2.45) is 5.73 Å². The number of amides is 1. The SMILES string of the molecule is CCS(=O)(=O)Nc1ccc(-c2n[nH]c(Nc3cnccn3)c2C(N)=O)cc1Oc1cccc(F)c1. The molecule has 0 saturated heterocycles. The highest BCUT2D eigenvalue weighted by molar-refractivity contribution is 7.92. The number of hydrogen-bond acceptors (Lipinski definition) is 8. The van der Waals surface area contributed by atoms with Crippen LogP contribution in [-0.2, 0) is 10.0 Å². The molecule has 0 fully saturated rings. The maximum atomic E-state index is 13.7. The van der Waals surface area contributed by atoms with Crippen LogP contribution in [0.4, 0.5) is 21.7 Å². The fraction of sp³-hybridized carbons (Fsp3) is 0.0909. The van der Waals surface area contributed by atoms with Gasteiger partial charge in [-0.3, -0.25) is 19.6 Å². The number of aromatic nitrogens is 4. The number of nitrogens with one attached hydrogen (secondary N) is 3. The molecule has 35 heavy (non-hydrogen) atoms. The molecule has 0 unspecified atom stereocenters. The Morgan fingerprint density at radius 1 is 1.20 bits per heavy atom. The van der Waals surface area contributed by atoms with E-state index in [2.05, 4.69) is 30.2 Å². The van der Waals surface area contributed by atoms with Gasteiger partial charge in [-0.2, -0.15) is 5.10 Å². The van der Waals surface area contributed by atoms with Gasteiger partial charge in [-0.25, -0.2) is 17.8 Å². The third-order valence-electron chi connectivity index (χ3n) is 4.75. The zero-order valence-electron chi connectivity index (χ0n) is 18.3. The third-order valence-corrected chi connectivity index (χ3v) is 6.04. The lowest BCUT2D eigenvalue weighted by Gasteiger charge is -2.14. The summed E-state index contributed by atoms with van der Waals surface area (Å²) in [5.74, 6) is -0.730. The van der Waals surface area contributed by atoms with E-state index in [1.807, 2.05) is 0 Å². The summed E-state index contributed by atoms with van der Waals surface area (Å²) in [5, 5.41) is 9.80. The number of anilines is 3. The molecule has 5 N–H and O–H groups in total. The number of rotatable bonds is 9. The van der Waals surface area contributed by atoms with Crippen molar-refractivity contribution in [2.75, 3.05) is 15.8 Å². The zero-order valence-corrected chi connectivity index (χ0v) is 19.1. The molecule has 0 aliphatic heterocycles. The number of nitrogens with two attached hydrogens (primary N) is 1. The first-order valence-electron chi connectivity index (χ1n) is 10.3. The van der Waals surface area contributed by atoms with Gasteiger partial charge in [-0.05, 0) is 31.2 Å². The van der Waals surface area contributed by atoms with Crippen molar-refractivity contribution < 1.29 is 22.3 Å². The van der Waals surface area contributed by atoms with Crippen LogP contribution in [0.3, 0.4) is 0 Å². The van der Waals surface area contributed by atoms with Gasteiger partial charge in [0.15, 0.2) is 5.75 Å². The molecule has 2 aromatic heterocycles. The maximum Gasteiger partial charge on any atom is 0.254 e. The van der Waals surface area contributed by atoms with Crippen LogP contribution in [0.1, 0.15) is 17.3 Å². The first-order valence-corrected chi connectivity index (χ1v) is 11.9. The number of carbonyl (C=O) groups is 1. The summed E-state index contributed by atoms with van der Waals surface area (Å²) in [4.78, 5) is 20.3. The topological polar surface area (TPSA) is 165 Å². The van der Waals surface area contributed by atoms with Gasteiger partial charge in [0.25, 0.3) is 5.91 Å². The molecule has 0 spiro atoms. The number of sulfonamides is 1. The Morgan fingerprint density at radius 2 is 2.03 bits per heavy atom. The monoisotopic (exact) mass is 497 g/mol. The van der Waals surface area contributed by atoms with Gasteiger partial charge in [0.1, 0.15) is 34.5 Å². The van der Waals surface area contributed by atoms with E-state index in [-0.39, 0.29) is 40.0 Å². The van der Waals surface area contributed by atoms with Crippen LogP contribution >= 0.6 is 0 Å². The number of hydrogen-bond donors (Lipinski definition) is 4. The van der Waals surface area contributed by atoms with E-state index in [9.17, 15) is 17.6 Å². The molecule has 180 valence electrons. The maximum absolute atomic E-state index is 13.7. The van der Waals surface area contributed by atoms with E-state index < -0.39 is 21.7 Å². The summed E-state index contributed by atoms with van der Waals surface area (Å²) >= 11 is 0. The molecule has 0 saturated carbocycles. The number of primary amides is 1. The lowest BCUT2D eigenvalue weighted by Crippen LogP contribution is -2.15. The van der Waals surface area contributed by atoms with Crippen LogP contribution in [0.2, 0.25) is 0 Å². The fourth-order valence-electron chi connectivity index (χ4n) is 3.11. The molecular formula is C22H20FN7O4S. The summed E-state index contributed by atoms with van der Waals surface area (Å²) in [5.41, 5.74) is 6.34. The van der Waals surface area contributed by atoms with Crippen LogP contribution in [-0.4, -0.2) is 40.2 Å². The molecule has 4 rings (SSSR count). The molecule has 11 nitrogen and oxygen atoms in total. The van der Waals surface area contributed by atoms with Crippen LogP contribution in [0.5, 0.6) is 11.5 Å². The molecular weight excluding hydrogens is 477 g/mol. The average Bonchev–Trinajstić information content (AvgIpc) is 3.24. The minimum atomic E-state index is -3.65. The lowest BCUT2D eigenvalue weighted by atomic mass is 10.1. The number of ether oxygens (including phenoxy) is 1. The van der Waals surface area contributed by atoms with Gasteiger partial charge in [0.05, 0.1) is 17.6 Å². The van der Waals surface area contributed by atoms with Crippen molar-refractivity contribution in [3.8, 4) is 22.8 Å². The lowest BCUT2D eigenvalue weighted by molar-refractivity contribution is 0.100. The van der Waals surface area contributed by atoms with Crippen LogP contribution in [0.25, 0.3) is 11.3 Å². The normalized spacial score (nSPS) is 11.1. The zero-order chi connectivity index (χ0) is 25.0. The summed E-state index contributed by atoms with van der Waals surface area (Å²) in [6.07, 6.45) is 4.41. The second-order valence-electron chi connectivity index (χ2n) is 7.18. The Bertz CT molecular complexity index is 1480. The van der Waals surface area contributed by atoms with Gasteiger partial charge < -0.3 is 15.8 Å². The summed E-state index contributed by atoms with van der Waals surface area (Å²) in [7, 11) is -3.65. The van der Waals surface area contributed by atoms with Gasteiger partial charge in [0.2, 0.25) is 10.0 Å². The largest absolute Gasteiger partial charge is 0.455 e. The standard InChI is InChI=1S/C22H20FN7O4S/c1-2-35(32,33)30-16-7-6-13(10-17(16)34-15-5-3-4-14(23)11-15)20-19(21(24)31)22(29-28-20)27-18-12-25-8-9-26-18/h3-12,30H,2H2,1H3,(H2,24,31)(H2,26,27,28,29). The van der Waals surface area contributed by atoms with Gasteiger partial charge >= 0.3 is 0 Å². The molecule has 1 amide bonds. The Morgan fingerprint density at radius 3 is 2.71 bits per heavy atom. The van der Waals surface area contributed by atoms with Crippen molar-refractivity contribution in [1.29, 1.82) is 0 Å². The van der Waals surface area contributed by atoms with E-state index in [0.29, 0.717) is 11.4 Å². The number of aromatic amines is 1. The summed E-state index contributed by atoms with van der Waals surface area (Å²) < 4.78 is 46.3. The minimum absolute atomic E-state index is 0.0363. The first kappa shape index (κ1) is 23.6. The van der Waals surface area contributed by atoms with Gasteiger partial charge in [0, 0.05) is 24.0 Å². The predicted octanol–water partition coefficient (Wildman–Crippen LogP) is 3.40. The quantitative estimate of drug-likeness (QED) is 0.273. The second kappa shape index (κ2) is 9.77. The third kappa shape index (κ3) is 5.52. The smallest absolute Gasteiger partial charge is 0.254 e. The molecule has 0 bridgehead atoms. The van der Waals surface area contributed by atoms with Crippen molar-refractivity contribution >= 4 is 33.3 Å². The molecule has 0 aliphatic rings.